The number of benzene rings is 2. The number of ether oxygens (including phenoxy) is 1. The van der Waals surface area contributed by atoms with E-state index in [0.29, 0.717) is 5.69 Å². The van der Waals surface area contributed by atoms with Gasteiger partial charge in [-0.05, 0) is 43.3 Å². The minimum Gasteiger partial charge on any atom is -0.491 e. The molecule has 0 radical (unpaired) electrons. The van der Waals surface area contributed by atoms with Crippen LogP contribution in [0, 0.1) is 18.6 Å². The minimum absolute atomic E-state index is 0.153. The number of hydrogen-bond donors (Lipinski definition) is 0. The average molecular weight is 312 g/mol. The normalized spacial score (nSPS) is 11.3. The Morgan fingerprint density at radius 1 is 1.09 bits per heavy atom. The van der Waals surface area contributed by atoms with Gasteiger partial charge in [-0.1, -0.05) is 6.07 Å². The fourth-order valence-corrected chi connectivity index (χ4v) is 2.33. The summed E-state index contributed by atoms with van der Waals surface area (Å²) >= 11 is 0. The monoisotopic (exact) mass is 312 g/mol. The second-order valence-corrected chi connectivity index (χ2v) is 5.04. The molecule has 0 aliphatic rings. The third-order valence-corrected chi connectivity index (χ3v) is 3.47. The van der Waals surface area contributed by atoms with E-state index in [4.69, 9.17) is 4.74 Å². The van der Waals surface area contributed by atoms with Crippen LogP contribution in [-0.2, 0) is 0 Å². The van der Waals surface area contributed by atoms with Gasteiger partial charge in [0.25, 0.3) is 0 Å². The molecule has 0 spiro atoms. The smallest absolute Gasteiger partial charge is 0.191 e. The Kier molecular flexibility index (Phi) is 4.02. The summed E-state index contributed by atoms with van der Waals surface area (Å²) < 4.78 is 32.3. The van der Waals surface area contributed by atoms with Gasteiger partial charge < -0.3 is 4.74 Å². The third-order valence-electron chi connectivity index (χ3n) is 3.47. The molecular weight excluding hydrogens is 298 g/mol. The van der Waals surface area contributed by atoms with E-state index in [0.717, 1.165) is 22.7 Å². The zero-order valence-electron chi connectivity index (χ0n) is 12.7. The predicted octanol–water partition coefficient (Wildman–Crippen LogP) is 4.58. The lowest BCUT2D eigenvalue weighted by Gasteiger charge is -2.06. The van der Waals surface area contributed by atoms with Gasteiger partial charge in [0.2, 0.25) is 0 Å². The molecule has 0 bridgehead atoms. The van der Waals surface area contributed by atoms with Gasteiger partial charge in [0, 0.05) is 22.9 Å². The highest BCUT2D eigenvalue weighted by atomic mass is 19.1. The first kappa shape index (κ1) is 15.1. The summed E-state index contributed by atoms with van der Waals surface area (Å²) in [5.41, 5.74) is 2.54. The Morgan fingerprint density at radius 3 is 2.70 bits per heavy atom. The minimum atomic E-state index is -0.773. The first-order valence-electron chi connectivity index (χ1n) is 7.02. The van der Waals surface area contributed by atoms with Crippen LogP contribution >= 0.6 is 0 Å². The molecule has 0 N–H and O–H groups in total. The van der Waals surface area contributed by atoms with Gasteiger partial charge in [-0.3, -0.25) is 9.98 Å². The number of fused-ring (bicyclic) bond motifs is 1. The van der Waals surface area contributed by atoms with E-state index in [-0.39, 0.29) is 5.56 Å². The highest BCUT2D eigenvalue weighted by Gasteiger charge is 2.12. The largest absolute Gasteiger partial charge is 0.491 e. The summed E-state index contributed by atoms with van der Waals surface area (Å²) in [6.07, 6.45) is 1.35. The van der Waals surface area contributed by atoms with Crippen LogP contribution in [0.3, 0.4) is 0 Å². The van der Waals surface area contributed by atoms with Crippen LogP contribution in [0.5, 0.6) is 5.75 Å². The van der Waals surface area contributed by atoms with E-state index in [1.165, 1.54) is 19.4 Å². The lowest BCUT2D eigenvalue weighted by atomic mass is 10.1. The highest BCUT2D eigenvalue weighted by Crippen LogP contribution is 2.26. The van der Waals surface area contributed by atoms with Crippen molar-refractivity contribution < 1.29 is 13.5 Å². The molecule has 3 aromatic rings. The maximum Gasteiger partial charge on any atom is 0.191 e. The van der Waals surface area contributed by atoms with Crippen LogP contribution < -0.4 is 4.74 Å². The van der Waals surface area contributed by atoms with E-state index >= 15 is 0 Å². The number of nitrogens with zero attached hydrogens (tertiary/aromatic N) is 2. The number of rotatable bonds is 3. The molecule has 23 heavy (non-hydrogen) atoms. The Bertz CT molecular complexity index is 907. The van der Waals surface area contributed by atoms with Crippen molar-refractivity contribution in [2.45, 2.75) is 6.92 Å². The van der Waals surface area contributed by atoms with Gasteiger partial charge >= 0.3 is 0 Å². The average Bonchev–Trinajstić information content (AvgIpc) is 2.54. The van der Waals surface area contributed by atoms with Gasteiger partial charge in [0.1, 0.15) is 0 Å². The van der Waals surface area contributed by atoms with Gasteiger partial charge in [0.05, 0.1) is 18.3 Å². The van der Waals surface area contributed by atoms with Crippen molar-refractivity contribution in [1.29, 1.82) is 0 Å². The van der Waals surface area contributed by atoms with E-state index in [2.05, 4.69) is 9.98 Å². The van der Waals surface area contributed by atoms with E-state index in [1.54, 1.807) is 0 Å². The molecule has 1 aromatic heterocycles. The van der Waals surface area contributed by atoms with E-state index in [1.807, 2.05) is 37.3 Å². The molecule has 5 heteroatoms. The number of aliphatic imine (C=N–C) groups is 1. The number of aryl methyl sites for hydroxylation is 1. The fourth-order valence-electron chi connectivity index (χ4n) is 2.33. The van der Waals surface area contributed by atoms with Crippen molar-refractivity contribution in [3.05, 3.63) is 65.4 Å². The Morgan fingerprint density at radius 2 is 1.91 bits per heavy atom. The van der Waals surface area contributed by atoms with Crippen molar-refractivity contribution in [2.75, 3.05) is 7.11 Å². The van der Waals surface area contributed by atoms with Gasteiger partial charge in [-0.2, -0.15) is 0 Å². The van der Waals surface area contributed by atoms with E-state index < -0.39 is 17.4 Å². The van der Waals surface area contributed by atoms with Crippen molar-refractivity contribution in [3.63, 3.8) is 0 Å². The third kappa shape index (κ3) is 2.90. The lowest BCUT2D eigenvalue weighted by Crippen LogP contribution is -1.97. The molecule has 0 saturated heterocycles. The van der Waals surface area contributed by atoms with Gasteiger partial charge in [-0.25, -0.2) is 8.78 Å². The fraction of sp³-hybridized carbons (Fsp3) is 0.111. The van der Waals surface area contributed by atoms with Crippen molar-refractivity contribution in [2.24, 2.45) is 4.99 Å². The molecule has 116 valence electrons. The molecule has 0 aliphatic heterocycles. The van der Waals surface area contributed by atoms with Crippen LogP contribution in [-0.4, -0.2) is 18.3 Å². The maximum atomic E-state index is 14.1. The number of halogens is 2. The van der Waals surface area contributed by atoms with Crippen LogP contribution in [0.2, 0.25) is 0 Å². The molecule has 0 unspecified atom stereocenters. The molecule has 1 heterocycles. The summed E-state index contributed by atoms with van der Waals surface area (Å²) in [5.74, 6) is -1.93. The van der Waals surface area contributed by atoms with Crippen LogP contribution in [0.15, 0.2) is 47.5 Å². The molecule has 0 saturated carbocycles. The molecule has 3 nitrogen and oxygen atoms in total. The van der Waals surface area contributed by atoms with Crippen LogP contribution in [0.1, 0.15) is 11.3 Å². The summed E-state index contributed by atoms with van der Waals surface area (Å²) in [7, 11) is 1.22. The predicted molar refractivity (Wildman–Crippen MR) is 86.6 cm³/mol. The van der Waals surface area contributed by atoms with Crippen molar-refractivity contribution in [1.82, 2.24) is 4.98 Å². The Balaban J connectivity index is 2.04. The Labute approximate surface area is 132 Å². The first-order valence-corrected chi connectivity index (χ1v) is 7.02. The second kappa shape index (κ2) is 6.12. The van der Waals surface area contributed by atoms with E-state index in [9.17, 15) is 8.78 Å². The summed E-state index contributed by atoms with van der Waals surface area (Å²) in [6, 6.07) is 11.8. The molecule has 0 amide bonds. The zero-order valence-corrected chi connectivity index (χ0v) is 12.7. The highest BCUT2D eigenvalue weighted by molar-refractivity contribution is 5.93. The second-order valence-electron chi connectivity index (χ2n) is 5.04. The number of pyridine rings is 1. The SMILES string of the molecule is COc1c(F)ccc(C=Nc2cccc3nc(C)ccc23)c1F. The standard InChI is InChI=1S/C18H14F2N2O/c1-11-6-8-13-15(4-3-5-16(13)22-11)21-10-12-7-9-14(19)18(23-2)17(12)20/h3-10H,1-2H3. The molecule has 3 rings (SSSR count). The first-order chi connectivity index (χ1) is 11.1. The topological polar surface area (TPSA) is 34.5 Å². The maximum absolute atomic E-state index is 14.1. The molecule has 0 aliphatic carbocycles. The molecule has 0 atom stereocenters. The lowest BCUT2D eigenvalue weighted by molar-refractivity contribution is 0.359. The number of aromatic nitrogens is 1. The summed E-state index contributed by atoms with van der Waals surface area (Å²) in [6.45, 7) is 1.91. The van der Waals surface area contributed by atoms with Gasteiger partial charge in [-0.15, -0.1) is 0 Å². The molecule has 2 aromatic carbocycles. The van der Waals surface area contributed by atoms with Crippen molar-refractivity contribution >= 4 is 22.8 Å². The molecule has 0 fully saturated rings. The quantitative estimate of drug-likeness (QED) is 0.663. The van der Waals surface area contributed by atoms with Crippen LogP contribution in [0.25, 0.3) is 10.9 Å². The van der Waals surface area contributed by atoms with Crippen LogP contribution in [0.4, 0.5) is 14.5 Å². The van der Waals surface area contributed by atoms with Crippen molar-refractivity contribution in [3.8, 4) is 5.75 Å². The van der Waals surface area contributed by atoms with Gasteiger partial charge in [0.15, 0.2) is 17.4 Å². The number of methoxy groups -OCH3 is 1. The summed E-state index contributed by atoms with van der Waals surface area (Å²) in [5, 5.41) is 0.865. The Hall–Kier alpha value is -2.82. The number of hydrogen-bond acceptors (Lipinski definition) is 3. The zero-order chi connectivity index (χ0) is 16.4. The molecular formula is C18H14F2N2O. The summed E-state index contributed by atoms with van der Waals surface area (Å²) in [4.78, 5) is 8.75.